The molecule has 9 heteroatoms. The molecule has 0 bridgehead atoms. The van der Waals surface area contributed by atoms with Crippen molar-refractivity contribution in [3.05, 3.63) is 58.2 Å². The van der Waals surface area contributed by atoms with Gasteiger partial charge < -0.3 is 14.7 Å². The number of hydrogen-bond acceptors (Lipinski definition) is 6. The third-order valence-electron chi connectivity index (χ3n) is 6.25. The maximum absolute atomic E-state index is 14.9. The summed E-state index contributed by atoms with van der Waals surface area (Å²) in [5.74, 6) is -2.43. The van der Waals surface area contributed by atoms with Crippen molar-refractivity contribution in [1.82, 2.24) is 19.6 Å². The molecule has 0 aliphatic carbocycles. The van der Waals surface area contributed by atoms with Crippen LogP contribution < -0.4 is 0 Å². The molecule has 2 aromatic rings. The lowest BCUT2D eigenvalue weighted by atomic mass is 9.94. The van der Waals surface area contributed by atoms with E-state index in [0.29, 0.717) is 36.7 Å². The number of amides is 1. The van der Waals surface area contributed by atoms with Crippen LogP contribution in [0.5, 0.6) is 0 Å². The van der Waals surface area contributed by atoms with Gasteiger partial charge in [-0.2, -0.15) is 5.10 Å². The Morgan fingerprint density at radius 3 is 2.50 bits per heavy atom. The number of hydrogen-bond donors (Lipinski definition) is 1. The average Bonchev–Trinajstić information content (AvgIpc) is 3.18. The molecule has 1 atom stereocenters. The molecule has 0 spiro atoms. The Morgan fingerprint density at radius 1 is 1.19 bits per heavy atom. The van der Waals surface area contributed by atoms with Gasteiger partial charge in [0.05, 0.1) is 36.1 Å². The average molecular weight is 442 g/mol. The second kappa shape index (κ2) is 8.84. The van der Waals surface area contributed by atoms with E-state index in [-0.39, 0.29) is 23.4 Å². The van der Waals surface area contributed by atoms with Crippen LogP contribution >= 0.6 is 0 Å². The second-order valence-corrected chi connectivity index (χ2v) is 8.14. The molecule has 1 aromatic carbocycles. The molecule has 4 rings (SSSR count). The van der Waals surface area contributed by atoms with Crippen LogP contribution in [-0.4, -0.2) is 75.8 Å². The van der Waals surface area contributed by atoms with Gasteiger partial charge in [-0.05, 0) is 19.9 Å². The summed E-state index contributed by atoms with van der Waals surface area (Å²) in [4.78, 5) is 29.7. The van der Waals surface area contributed by atoms with E-state index in [4.69, 9.17) is 4.74 Å². The van der Waals surface area contributed by atoms with Gasteiger partial charge in [0, 0.05) is 44.5 Å². The van der Waals surface area contributed by atoms with Gasteiger partial charge in [0.1, 0.15) is 11.6 Å². The zero-order valence-electron chi connectivity index (χ0n) is 18.5. The Balaban J connectivity index is 1.80. The van der Waals surface area contributed by atoms with Crippen molar-refractivity contribution in [2.45, 2.75) is 19.9 Å². The van der Waals surface area contributed by atoms with Crippen molar-refractivity contribution in [2.24, 2.45) is 7.05 Å². The predicted octanol–water partition coefficient (Wildman–Crippen LogP) is 1.93. The number of aryl methyl sites for hydroxylation is 2. The molecule has 2 aliphatic heterocycles. The molecule has 0 radical (unpaired) electrons. The van der Waals surface area contributed by atoms with Crippen molar-refractivity contribution in [3.63, 3.8) is 0 Å². The molecule has 2 fully saturated rings. The zero-order valence-corrected chi connectivity index (χ0v) is 18.5. The van der Waals surface area contributed by atoms with Crippen molar-refractivity contribution in [1.29, 1.82) is 0 Å². The summed E-state index contributed by atoms with van der Waals surface area (Å²) < 4.78 is 21.8. The molecule has 1 N–H and O–H groups in total. The van der Waals surface area contributed by atoms with Crippen molar-refractivity contribution < 1.29 is 23.8 Å². The maximum atomic E-state index is 14.9. The third-order valence-corrected chi connectivity index (χ3v) is 6.25. The van der Waals surface area contributed by atoms with E-state index in [1.54, 1.807) is 43.8 Å². The van der Waals surface area contributed by atoms with Gasteiger partial charge in [0.2, 0.25) is 0 Å². The van der Waals surface area contributed by atoms with Crippen molar-refractivity contribution >= 4 is 17.4 Å². The molecule has 32 heavy (non-hydrogen) atoms. The molecule has 0 unspecified atom stereocenters. The number of carbonyl (C=O) groups excluding carboxylic acids is 2. The van der Waals surface area contributed by atoms with E-state index in [0.717, 1.165) is 13.1 Å². The summed E-state index contributed by atoms with van der Waals surface area (Å²) in [6, 6.07) is 5.02. The highest BCUT2D eigenvalue weighted by Gasteiger charge is 2.47. The molecule has 170 valence electrons. The molecule has 3 heterocycles. The summed E-state index contributed by atoms with van der Waals surface area (Å²) in [7, 11) is 1.73. The van der Waals surface area contributed by atoms with E-state index in [9.17, 15) is 19.1 Å². The first-order chi connectivity index (χ1) is 15.3. The normalized spacial score (nSPS) is 21.5. The predicted molar refractivity (Wildman–Crippen MR) is 115 cm³/mol. The minimum atomic E-state index is -1.02. The van der Waals surface area contributed by atoms with E-state index in [2.05, 4.69) is 10.00 Å². The number of aliphatic hydroxyl groups is 1. The van der Waals surface area contributed by atoms with Gasteiger partial charge in [-0.3, -0.25) is 19.2 Å². The highest BCUT2D eigenvalue weighted by atomic mass is 19.1. The fourth-order valence-electron chi connectivity index (χ4n) is 4.46. The van der Waals surface area contributed by atoms with Crippen LogP contribution in [0.3, 0.4) is 0 Å². The molecule has 8 nitrogen and oxygen atoms in total. The van der Waals surface area contributed by atoms with Gasteiger partial charge in [0.15, 0.2) is 0 Å². The number of halogens is 1. The first-order valence-corrected chi connectivity index (χ1v) is 10.6. The Bertz CT molecular complexity index is 1090. The largest absolute Gasteiger partial charge is 0.507 e. The Labute approximate surface area is 185 Å². The lowest BCUT2D eigenvalue weighted by Gasteiger charge is -2.31. The summed E-state index contributed by atoms with van der Waals surface area (Å²) in [5, 5.41) is 15.5. The number of benzene rings is 1. The Kier molecular flexibility index (Phi) is 6.12. The Hall–Kier alpha value is -3.04. The SMILES string of the molecule is Cc1nn(C)c(C)c1/C(O)=C1\C(=O)C(=O)N(CCN2CCOCC2)[C@H]1c1ccccc1F. The fraction of sp³-hybridized carbons (Fsp3) is 0.435. The molecule has 0 saturated carbocycles. The second-order valence-electron chi connectivity index (χ2n) is 8.14. The maximum Gasteiger partial charge on any atom is 0.295 e. The molecule has 2 aliphatic rings. The summed E-state index contributed by atoms with van der Waals surface area (Å²) in [6.45, 7) is 6.89. The van der Waals surface area contributed by atoms with Gasteiger partial charge in [-0.15, -0.1) is 0 Å². The van der Waals surface area contributed by atoms with Crippen molar-refractivity contribution in [2.75, 3.05) is 39.4 Å². The highest BCUT2D eigenvalue weighted by molar-refractivity contribution is 6.46. The number of ether oxygens (including phenoxy) is 1. The number of morpholine rings is 1. The molecular formula is C23H27FN4O4. The Morgan fingerprint density at radius 2 is 1.88 bits per heavy atom. The number of aliphatic hydroxyl groups excluding tert-OH is 1. The van der Waals surface area contributed by atoms with Crippen LogP contribution in [0.25, 0.3) is 5.76 Å². The van der Waals surface area contributed by atoms with Gasteiger partial charge in [-0.1, -0.05) is 18.2 Å². The number of nitrogens with zero attached hydrogens (tertiary/aromatic N) is 4. The van der Waals surface area contributed by atoms with E-state index < -0.39 is 23.5 Å². The van der Waals surface area contributed by atoms with Crippen LogP contribution in [0.4, 0.5) is 4.39 Å². The quantitative estimate of drug-likeness (QED) is 0.433. The van der Waals surface area contributed by atoms with E-state index in [1.165, 1.54) is 11.0 Å². The fourth-order valence-corrected chi connectivity index (χ4v) is 4.46. The van der Waals surface area contributed by atoms with Crippen LogP contribution in [0.1, 0.15) is 28.6 Å². The van der Waals surface area contributed by atoms with E-state index in [1.807, 2.05) is 0 Å². The monoisotopic (exact) mass is 442 g/mol. The number of carbonyl (C=O) groups is 2. The van der Waals surface area contributed by atoms with E-state index >= 15 is 0 Å². The first-order valence-electron chi connectivity index (χ1n) is 10.6. The number of likely N-dealkylation sites (tertiary alicyclic amines) is 1. The van der Waals surface area contributed by atoms with Crippen LogP contribution in [-0.2, 0) is 21.4 Å². The topological polar surface area (TPSA) is 87.9 Å². The minimum absolute atomic E-state index is 0.110. The molecular weight excluding hydrogens is 415 g/mol. The third kappa shape index (κ3) is 3.82. The lowest BCUT2D eigenvalue weighted by Crippen LogP contribution is -2.42. The standard InChI is InChI=1S/C23H27FN4O4/c1-14-18(15(2)26(3)25-14)21(29)19-20(16-6-4-5-7-17(16)24)28(23(31)22(19)30)9-8-27-10-12-32-13-11-27/h4-7,20,29H,8-13H2,1-3H3/b21-19+/t20-/m0/s1. The molecule has 2 saturated heterocycles. The number of rotatable bonds is 5. The first kappa shape index (κ1) is 22.2. The number of aromatic nitrogens is 2. The summed E-state index contributed by atoms with van der Waals surface area (Å²) in [6.07, 6.45) is 0. The van der Waals surface area contributed by atoms with Gasteiger partial charge in [0.25, 0.3) is 11.7 Å². The van der Waals surface area contributed by atoms with Crippen LogP contribution in [0, 0.1) is 19.7 Å². The lowest BCUT2D eigenvalue weighted by molar-refractivity contribution is -0.140. The zero-order chi connectivity index (χ0) is 23.0. The smallest absolute Gasteiger partial charge is 0.295 e. The highest BCUT2D eigenvalue weighted by Crippen LogP contribution is 2.41. The summed E-state index contributed by atoms with van der Waals surface area (Å²) in [5.41, 5.74) is 1.62. The van der Waals surface area contributed by atoms with Gasteiger partial charge in [-0.25, -0.2) is 4.39 Å². The van der Waals surface area contributed by atoms with Gasteiger partial charge >= 0.3 is 0 Å². The number of ketones is 1. The molecule has 1 amide bonds. The van der Waals surface area contributed by atoms with Crippen LogP contribution in [0.2, 0.25) is 0 Å². The summed E-state index contributed by atoms with van der Waals surface area (Å²) >= 11 is 0. The molecule has 1 aromatic heterocycles. The van der Waals surface area contributed by atoms with Crippen LogP contribution in [0.15, 0.2) is 29.8 Å². The minimum Gasteiger partial charge on any atom is -0.507 e. The van der Waals surface area contributed by atoms with Crippen molar-refractivity contribution in [3.8, 4) is 0 Å². The number of Topliss-reactive ketones (excluding diaryl/α,β-unsaturated/α-hetero) is 1.